The molecule has 0 saturated heterocycles. The Morgan fingerprint density at radius 2 is 2.07 bits per heavy atom. The van der Waals surface area contributed by atoms with Gasteiger partial charge in [-0.3, -0.25) is 0 Å². The number of hydrogen-bond donors (Lipinski definition) is 0. The van der Waals surface area contributed by atoms with Gasteiger partial charge in [0.25, 0.3) is 0 Å². The number of halogens is 2. The van der Waals surface area contributed by atoms with Gasteiger partial charge in [-0.05, 0) is 35.2 Å². The summed E-state index contributed by atoms with van der Waals surface area (Å²) in [6, 6.07) is 0.588. The smallest absolute Gasteiger partial charge is 0.225 e. The second-order valence-electron chi connectivity index (χ2n) is 3.67. The van der Waals surface area contributed by atoms with Crippen molar-refractivity contribution in [1.82, 2.24) is 9.97 Å². The third-order valence-corrected chi connectivity index (χ3v) is 3.28. The number of alkyl halides is 1. The van der Waals surface area contributed by atoms with Crippen LogP contribution in [0.1, 0.15) is 19.3 Å². The van der Waals surface area contributed by atoms with Gasteiger partial charge in [-0.15, -0.1) is 11.6 Å². The highest BCUT2D eigenvalue weighted by Crippen LogP contribution is 2.27. The van der Waals surface area contributed by atoms with Gasteiger partial charge in [-0.2, -0.15) is 0 Å². The van der Waals surface area contributed by atoms with Crippen LogP contribution in [0.2, 0.25) is 0 Å². The molecule has 0 N–H and O–H groups in total. The predicted molar refractivity (Wildman–Crippen MR) is 65.4 cm³/mol. The van der Waals surface area contributed by atoms with Gasteiger partial charge in [0.1, 0.15) is 0 Å². The molecule has 82 valence electrons. The number of rotatable bonds is 4. The molecule has 1 heterocycles. The lowest BCUT2D eigenvalue weighted by Crippen LogP contribution is -2.42. The van der Waals surface area contributed by atoms with E-state index in [2.05, 4.69) is 30.8 Å². The Hall–Kier alpha value is -0.350. The van der Waals surface area contributed by atoms with Crippen molar-refractivity contribution < 1.29 is 0 Å². The SMILES string of the molecule is ClCCN(c1ncc(Br)cn1)C1CCC1. The van der Waals surface area contributed by atoms with Crippen molar-refractivity contribution >= 4 is 33.5 Å². The van der Waals surface area contributed by atoms with Gasteiger partial charge in [0.05, 0.1) is 4.47 Å². The fraction of sp³-hybridized carbons (Fsp3) is 0.600. The lowest BCUT2D eigenvalue weighted by molar-refractivity contribution is 0.386. The van der Waals surface area contributed by atoms with E-state index >= 15 is 0 Å². The zero-order chi connectivity index (χ0) is 10.7. The first-order valence-electron chi connectivity index (χ1n) is 5.11. The monoisotopic (exact) mass is 289 g/mol. The molecule has 5 heteroatoms. The van der Waals surface area contributed by atoms with E-state index in [1.807, 2.05) is 0 Å². The topological polar surface area (TPSA) is 29.0 Å². The Bertz CT molecular complexity index is 313. The molecule has 0 radical (unpaired) electrons. The second-order valence-corrected chi connectivity index (χ2v) is 4.96. The highest BCUT2D eigenvalue weighted by Gasteiger charge is 2.26. The van der Waals surface area contributed by atoms with Crippen molar-refractivity contribution in [2.24, 2.45) is 0 Å². The van der Waals surface area contributed by atoms with Crippen molar-refractivity contribution in [3.05, 3.63) is 16.9 Å². The van der Waals surface area contributed by atoms with Gasteiger partial charge in [0.15, 0.2) is 0 Å². The van der Waals surface area contributed by atoms with Crippen LogP contribution in [0.25, 0.3) is 0 Å². The van der Waals surface area contributed by atoms with E-state index in [1.165, 1.54) is 19.3 Å². The molecule has 1 aromatic heterocycles. The summed E-state index contributed by atoms with van der Waals surface area (Å²) in [5, 5.41) is 0. The standard InChI is InChI=1S/C10H13BrClN3/c11-8-6-13-10(14-7-8)15(5-4-12)9-2-1-3-9/h6-7,9H,1-5H2. The quantitative estimate of drug-likeness (QED) is 0.799. The summed E-state index contributed by atoms with van der Waals surface area (Å²) in [5.41, 5.74) is 0. The van der Waals surface area contributed by atoms with Crippen LogP contribution < -0.4 is 4.90 Å². The van der Waals surface area contributed by atoms with E-state index in [0.717, 1.165) is 17.0 Å². The molecule has 0 aromatic carbocycles. The van der Waals surface area contributed by atoms with Gasteiger partial charge in [-0.1, -0.05) is 0 Å². The molecule has 0 bridgehead atoms. The summed E-state index contributed by atoms with van der Waals surface area (Å²) in [6.45, 7) is 0.827. The highest BCUT2D eigenvalue weighted by atomic mass is 79.9. The Morgan fingerprint density at radius 3 is 2.53 bits per heavy atom. The fourth-order valence-corrected chi connectivity index (χ4v) is 2.08. The first kappa shape index (κ1) is 11.1. The van der Waals surface area contributed by atoms with Crippen LogP contribution in [0.4, 0.5) is 5.95 Å². The minimum absolute atomic E-state index is 0.588. The zero-order valence-electron chi connectivity index (χ0n) is 8.37. The van der Waals surface area contributed by atoms with Gasteiger partial charge in [-0.25, -0.2) is 9.97 Å². The minimum atomic E-state index is 0.588. The summed E-state index contributed by atoms with van der Waals surface area (Å²) in [4.78, 5) is 10.8. The van der Waals surface area contributed by atoms with Gasteiger partial charge >= 0.3 is 0 Å². The molecule has 1 aromatic rings. The van der Waals surface area contributed by atoms with E-state index in [0.29, 0.717) is 11.9 Å². The van der Waals surface area contributed by atoms with E-state index in [1.54, 1.807) is 12.4 Å². The molecule has 1 fully saturated rings. The summed E-state index contributed by atoms with van der Waals surface area (Å²) in [5.74, 6) is 1.42. The van der Waals surface area contributed by atoms with Crippen LogP contribution >= 0.6 is 27.5 Å². The van der Waals surface area contributed by atoms with Crippen molar-refractivity contribution in [2.45, 2.75) is 25.3 Å². The van der Waals surface area contributed by atoms with Crippen molar-refractivity contribution in [1.29, 1.82) is 0 Å². The van der Waals surface area contributed by atoms with E-state index in [9.17, 15) is 0 Å². The molecule has 0 aliphatic heterocycles. The Morgan fingerprint density at radius 1 is 1.40 bits per heavy atom. The second kappa shape index (κ2) is 5.12. The average Bonchev–Trinajstić information content (AvgIpc) is 2.16. The van der Waals surface area contributed by atoms with E-state index < -0.39 is 0 Å². The van der Waals surface area contributed by atoms with Gasteiger partial charge < -0.3 is 4.90 Å². The predicted octanol–water partition coefficient (Wildman–Crippen LogP) is 2.84. The van der Waals surface area contributed by atoms with Crippen LogP contribution in [0.15, 0.2) is 16.9 Å². The third-order valence-electron chi connectivity index (χ3n) is 2.70. The van der Waals surface area contributed by atoms with Crippen LogP contribution in [0.5, 0.6) is 0 Å². The number of aromatic nitrogens is 2. The summed E-state index contributed by atoms with van der Waals surface area (Å²) in [7, 11) is 0. The summed E-state index contributed by atoms with van der Waals surface area (Å²) < 4.78 is 0.908. The summed E-state index contributed by atoms with van der Waals surface area (Å²) in [6.07, 6.45) is 7.33. The lowest BCUT2D eigenvalue weighted by atomic mass is 9.92. The van der Waals surface area contributed by atoms with Crippen molar-refractivity contribution in [3.8, 4) is 0 Å². The van der Waals surface area contributed by atoms with Gasteiger partial charge in [0.2, 0.25) is 5.95 Å². The third kappa shape index (κ3) is 2.61. The molecular weight excluding hydrogens is 277 g/mol. The first-order valence-corrected chi connectivity index (χ1v) is 6.44. The molecule has 3 nitrogen and oxygen atoms in total. The molecule has 0 amide bonds. The molecule has 1 aliphatic rings. The number of anilines is 1. The number of hydrogen-bond acceptors (Lipinski definition) is 3. The average molecular weight is 291 g/mol. The first-order chi connectivity index (χ1) is 7.31. The minimum Gasteiger partial charge on any atom is -0.337 e. The molecule has 2 rings (SSSR count). The van der Waals surface area contributed by atoms with Crippen LogP contribution in [0.3, 0.4) is 0 Å². The molecule has 15 heavy (non-hydrogen) atoms. The molecular formula is C10H13BrClN3. The maximum atomic E-state index is 5.80. The fourth-order valence-electron chi connectivity index (χ4n) is 1.69. The maximum Gasteiger partial charge on any atom is 0.225 e. The Kier molecular flexibility index (Phi) is 3.81. The Balaban J connectivity index is 2.12. The van der Waals surface area contributed by atoms with Crippen molar-refractivity contribution in [2.75, 3.05) is 17.3 Å². The van der Waals surface area contributed by atoms with Gasteiger partial charge in [0, 0.05) is 30.9 Å². The highest BCUT2D eigenvalue weighted by molar-refractivity contribution is 9.10. The van der Waals surface area contributed by atoms with Crippen LogP contribution in [-0.4, -0.2) is 28.4 Å². The molecule has 0 unspecified atom stereocenters. The lowest BCUT2D eigenvalue weighted by Gasteiger charge is -2.37. The van der Waals surface area contributed by atoms with E-state index in [4.69, 9.17) is 11.6 Å². The molecule has 1 aliphatic carbocycles. The summed E-state index contributed by atoms with van der Waals surface area (Å²) >= 11 is 9.13. The van der Waals surface area contributed by atoms with Crippen LogP contribution in [-0.2, 0) is 0 Å². The normalized spacial score (nSPS) is 16.1. The zero-order valence-corrected chi connectivity index (χ0v) is 10.7. The Labute approximate surface area is 103 Å². The van der Waals surface area contributed by atoms with E-state index in [-0.39, 0.29) is 0 Å². The number of nitrogens with zero attached hydrogens (tertiary/aromatic N) is 3. The maximum absolute atomic E-state index is 5.80. The van der Waals surface area contributed by atoms with Crippen molar-refractivity contribution in [3.63, 3.8) is 0 Å². The molecule has 1 saturated carbocycles. The largest absolute Gasteiger partial charge is 0.337 e. The molecule has 0 atom stereocenters. The molecule has 0 spiro atoms. The van der Waals surface area contributed by atoms with Crippen LogP contribution in [0, 0.1) is 0 Å².